The van der Waals surface area contributed by atoms with Crippen molar-refractivity contribution in [1.82, 2.24) is 9.88 Å². The van der Waals surface area contributed by atoms with E-state index >= 15 is 0 Å². The van der Waals surface area contributed by atoms with Gasteiger partial charge in [0.2, 0.25) is 0 Å². The van der Waals surface area contributed by atoms with Gasteiger partial charge < -0.3 is 10.1 Å². The predicted molar refractivity (Wildman–Crippen MR) is 67.2 cm³/mol. The third-order valence-electron chi connectivity index (χ3n) is 3.37. The van der Waals surface area contributed by atoms with Gasteiger partial charge in [0.15, 0.2) is 17.4 Å². The molecular weight excluding hydrogens is 286 g/mol. The van der Waals surface area contributed by atoms with Gasteiger partial charge in [-0.15, -0.1) is 0 Å². The van der Waals surface area contributed by atoms with Crippen LogP contribution in [0.1, 0.15) is 16.1 Å². The lowest BCUT2D eigenvalue weighted by Gasteiger charge is -2.25. The van der Waals surface area contributed by atoms with Gasteiger partial charge in [-0.2, -0.15) is 0 Å². The van der Waals surface area contributed by atoms with Gasteiger partial charge in [-0.25, -0.2) is 13.6 Å². The van der Waals surface area contributed by atoms with Gasteiger partial charge in [-0.1, -0.05) is 0 Å². The number of benzene rings is 1. The maximum atomic E-state index is 13.4. The van der Waals surface area contributed by atoms with Crippen LogP contribution in [0.4, 0.5) is 13.6 Å². The van der Waals surface area contributed by atoms with Crippen LogP contribution >= 0.6 is 0 Å². The highest BCUT2D eigenvalue weighted by atomic mass is 19.2. The summed E-state index contributed by atoms with van der Waals surface area (Å²) in [5.74, 6) is -2.95. The molecule has 8 heteroatoms. The fourth-order valence-corrected chi connectivity index (χ4v) is 2.44. The number of carbonyl (C=O) groups excluding carboxylic acids is 1. The standard InChI is InChI=1S/C13H8F2N2O4/c14-7-1-5-6(2-8(7)15)12(19)16-9-3-17(13(20)21)4-10(18)11(5)9/h1-2H,3-4H2,(H,16,19)(H,20,21). The molecule has 2 N–H and O–H groups in total. The first-order valence-electron chi connectivity index (χ1n) is 5.93. The van der Waals surface area contributed by atoms with Gasteiger partial charge in [0.1, 0.15) is 0 Å². The van der Waals surface area contributed by atoms with Gasteiger partial charge in [-0.3, -0.25) is 14.5 Å². The Morgan fingerprint density at radius 3 is 2.38 bits per heavy atom. The van der Waals surface area contributed by atoms with Gasteiger partial charge in [-0.05, 0) is 12.1 Å². The van der Waals surface area contributed by atoms with E-state index in [2.05, 4.69) is 4.98 Å². The molecule has 6 nitrogen and oxygen atoms in total. The molecule has 1 aromatic heterocycles. The van der Waals surface area contributed by atoms with E-state index in [1.807, 2.05) is 0 Å². The quantitative estimate of drug-likeness (QED) is 0.770. The van der Waals surface area contributed by atoms with Crippen molar-refractivity contribution >= 4 is 22.6 Å². The fourth-order valence-electron chi connectivity index (χ4n) is 2.44. The molecular formula is C13H8F2N2O4. The zero-order chi connectivity index (χ0) is 15.3. The zero-order valence-corrected chi connectivity index (χ0v) is 10.4. The van der Waals surface area contributed by atoms with Crippen molar-refractivity contribution < 1.29 is 23.5 Å². The lowest BCUT2D eigenvalue weighted by molar-refractivity contribution is 0.0873. The Kier molecular flexibility index (Phi) is 2.75. The second-order valence-corrected chi connectivity index (χ2v) is 4.68. The van der Waals surface area contributed by atoms with Crippen LogP contribution in [0.2, 0.25) is 0 Å². The number of ketones is 1. The molecule has 0 fully saturated rings. The summed E-state index contributed by atoms with van der Waals surface area (Å²) < 4.78 is 26.6. The minimum atomic E-state index is -1.31. The molecule has 0 spiro atoms. The van der Waals surface area contributed by atoms with Gasteiger partial charge in [0, 0.05) is 16.6 Å². The van der Waals surface area contributed by atoms with Gasteiger partial charge in [0.05, 0.1) is 18.5 Å². The van der Waals surface area contributed by atoms with Crippen LogP contribution in [-0.4, -0.2) is 33.4 Å². The molecule has 3 rings (SSSR count). The van der Waals surface area contributed by atoms with Crippen molar-refractivity contribution in [1.29, 1.82) is 0 Å². The van der Waals surface area contributed by atoms with E-state index in [-0.39, 0.29) is 28.6 Å². The molecule has 0 aliphatic carbocycles. The van der Waals surface area contributed by atoms with E-state index in [4.69, 9.17) is 5.11 Å². The second-order valence-electron chi connectivity index (χ2n) is 4.68. The molecule has 1 aliphatic rings. The highest BCUT2D eigenvalue weighted by Gasteiger charge is 2.29. The number of pyridine rings is 1. The molecule has 0 radical (unpaired) electrons. The van der Waals surface area contributed by atoms with Crippen molar-refractivity contribution in [2.75, 3.05) is 6.54 Å². The van der Waals surface area contributed by atoms with E-state index in [1.54, 1.807) is 0 Å². The van der Waals surface area contributed by atoms with Crippen molar-refractivity contribution in [3.8, 4) is 0 Å². The Morgan fingerprint density at radius 2 is 1.76 bits per heavy atom. The smallest absolute Gasteiger partial charge is 0.408 e. The number of aromatic nitrogens is 1. The summed E-state index contributed by atoms with van der Waals surface area (Å²) in [4.78, 5) is 38.1. The molecule has 0 atom stereocenters. The van der Waals surface area contributed by atoms with Crippen LogP contribution in [0.25, 0.3) is 10.8 Å². The number of halogens is 2. The number of nitrogens with one attached hydrogen (secondary N) is 1. The van der Waals surface area contributed by atoms with Crippen molar-refractivity contribution in [2.45, 2.75) is 6.54 Å². The molecule has 0 saturated carbocycles. The number of fused-ring (bicyclic) bond motifs is 3. The van der Waals surface area contributed by atoms with Crippen LogP contribution in [0.3, 0.4) is 0 Å². The summed E-state index contributed by atoms with van der Waals surface area (Å²) >= 11 is 0. The molecule has 1 aromatic carbocycles. The normalized spacial score (nSPS) is 14.4. The van der Waals surface area contributed by atoms with Crippen LogP contribution in [0, 0.1) is 11.6 Å². The number of amides is 1. The number of carboxylic acid groups (broad SMARTS) is 1. The summed E-state index contributed by atoms with van der Waals surface area (Å²) in [5.41, 5.74) is -0.596. The summed E-state index contributed by atoms with van der Waals surface area (Å²) in [6.07, 6.45) is -1.31. The minimum absolute atomic E-state index is 0.0114. The molecule has 2 aromatic rings. The first-order valence-corrected chi connectivity index (χ1v) is 5.93. The molecule has 21 heavy (non-hydrogen) atoms. The zero-order valence-electron chi connectivity index (χ0n) is 10.4. The monoisotopic (exact) mass is 294 g/mol. The summed E-state index contributed by atoms with van der Waals surface area (Å²) in [5, 5.41) is 8.76. The number of rotatable bonds is 0. The highest BCUT2D eigenvalue weighted by molar-refractivity contribution is 6.11. The Hall–Kier alpha value is -2.77. The maximum Gasteiger partial charge on any atom is 0.408 e. The molecule has 1 aliphatic heterocycles. The largest absolute Gasteiger partial charge is 0.465 e. The summed E-state index contributed by atoms with van der Waals surface area (Å²) in [7, 11) is 0. The van der Waals surface area contributed by atoms with Crippen LogP contribution in [-0.2, 0) is 6.54 Å². The molecule has 0 bridgehead atoms. The van der Waals surface area contributed by atoms with E-state index in [9.17, 15) is 23.2 Å². The molecule has 108 valence electrons. The number of hydrogen-bond acceptors (Lipinski definition) is 3. The number of H-pyrrole nitrogens is 1. The molecule has 0 saturated heterocycles. The van der Waals surface area contributed by atoms with Crippen molar-refractivity contribution in [3.63, 3.8) is 0 Å². The fraction of sp³-hybridized carbons (Fsp3) is 0.154. The van der Waals surface area contributed by atoms with E-state index < -0.39 is 35.6 Å². The second kappa shape index (κ2) is 4.37. The number of carbonyl (C=O) groups is 2. The Labute approximate surface area is 115 Å². The number of aromatic amines is 1. The van der Waals surface area contributed by atoms with E-state index in [0.717, 1.165) is 17.0 Å². The first-order chi connectivity index (χ1) is 9.88. The average Bonchev–Trinajstić information content (AvgIpc) is 2.40. The molecule has 2 heterocycles. The third kappa shape index (κ3) is 1.95. The van der Waals surface area contributed by atoms with Crippen molar-refractivity contribution in [2.24, 2.45) is 0 Å². The predicted octanol–water partition coefficient (Wildman–Crippen LogP) is 1.48. The number of nitrogens with zero attached hydrogens (tertiary/aromatic N) is 1. The number of Topliss-reactive ketones (excluding diaryl/α,β-unsaturated/α-hetero) is 1. The summed E-state index contributed by atoms with van der Waals surface area (Å²) in [6.45, 7) is -0.594. The van der Waals surface area contributed by atoms with E-state index in [1.165, 1.54) is 0 Å². The molecule has 1 amide bonds. The first kappa shape index (κ1) is 13.2. The van der Waals surface area contributed by atoms with Gasteiger partial charge in [0.25, 0.3) is 5.56 Å². The molecule has 0 unspecified atom stereocenters. The Morgan fingerprint density at radius 1 is 1.14 bits per heavy atom. The Balaban J connectivity index is 2.33. The van der Waals surface area contributed by atoms with E-state index in [0.29, 0.717) is 0 Å². The topological polar surface area (TPSA) is 90.5 Å². The maximum absolute atomic E-state index is 13.4. The minimum Gasteiger partial charge on any atom is -0.465 e. The lowest BCUT2D eigenvalue weighted by Crippen LogP contribution is -2.40. The SMILES string of the molecule is O=C1CN(C(=O)O)Cc2[nH]c(=O)c3cc(F)c(F)cc3c21. The van der Waals surface area contributed by atoms with Crippen LogP contribution in [0.15, 0.2) is 16.9 Å². The van der Waals surface area contributed by atoms with Gasteiger partial charge >= 0.3 is 6.09 Å². The number of hydrogen-bond donors (Lipinski definition) is 2. The average molecular weight is 294 g/mol. The summed E-state index contributed by atoms with van der Waals surface area (Å²) in [6, 6.07) is 1.51. The lowest BCUT2D eigenvalue weighted by atomic mass is 9.97. The highest BCUT2D eigenvalue weighted by Crippen LogP contribution is 2.25. The van der Waals surface area contributed by atoms with Crippen LogP contribution < -0.4 is 5.56 Å². The van der Waals surface area contributed by atoms with Crippen LogP contribution in [0.5, 0.6) is 0 Å². The van der Waals surface area contributed by atoms with Crippen molar-refractivity contribution in [3.05, 3.63) is 45.4 Å². The third-order valence-corrected chi connectivity index (χ3v) is 3.37. The Bertz CT molecular complexity index is 859.